The van der Waals surface area contributed by atoms with Crippen LogP contribution < -0.4 is 10.6 Å². The number of aromatic nitrogens is 2. The third kappa shape index (κ3) is 4.57. The highest BCUT2D eigenvalue weighted by molar-refractivity contribution is 6.30. The molecule has 0 radical (unpaired) electrons. The molecule has 0 saturated carbocycles. The number of piperidine rings is 1. The number of carbonyl (C=O) groups excluding carboxylic acids is 2. The zero-order valence-corrected chi connectivity index (χ0v) is 15.3. The summed E-state index contributed by atoms with van der Waals surface area (Å²) in [6, 6.07) is 3.40. The molecule has 1 aliphatic heterocycles. The van der Waals surface area contributed by atoms with E-state index >= 15 is 0 Å². The molecule has 0 spiro atoms. The second kappa shape index (κ2) is 8.27. The van der Waals surface area contributed by atoms with Gasteiger partial charge in [-0.3, -0.25) is 0 Å². The molecule has 0 bridgehead atoms. The van der Waals surface area contributed by atoms with E-state index in [9.17, 15) is 9.59 Å². The van der Waals surface area contributed by atoms with Crippen LogP contribution in [0.15, 0.2) is 24.5 Å². The Morgan fingerprint density at radius 3 is 2.81 bits per heavy atom. The Morgan fingerprint density at radius 1 is 1.31 bits per heavy atom. The molecule has 26 heavy (non-hydrogen) atoms. The van der Waals surface area contributed by atoms with Crippen LogP contribution in [0.25, 0.3) is 5.65 Å². The van der Waals surface area contributed by atoms with Crippen molar-refractivity contribution in [2.24, 2.45) is 0 Å². The van der Waals surface area contributed by atoms with E-state index in [1.807, 2.05) is 16.7 Å². The number of hydrogen-bond donors (Lipinski definition) is 2. The number of nitrogens with zero attached hydrogens (tertiary/aromatic N) is 3. The van der Waals surface area contributed by atoms with Gasteiger partial charge >= 0.3 is 12.1 Å². The zero-order valence-electron chi connectivity index (χ0n) is 14.6. The molecule has 0 atom stereocenters. The normalized spacial score (nSPS) is 15.1. The van der Waals surface area contributed by atoms with Crippen LogP contribution in [0.4, 0.5) is 9.59 Å². The Balaban J connectivity index is 1.43. The number of rotatable bonds is 4. The van der Waals surface area contributed by atoms with E-state index in [-0.39, 0.29) is 18.2 Å². The maximum absolute atomic E-state index is 12.1. The molecule has 8 nitrogen and oxygen atoms in total. The summed E-state index contributed by atoms with van der Waals surface area (Å²) < 4.78 is 6.81. The summed E-state index contributed by atoms with van der Waals surface area (Å²) in [6.07, 6.45) is 4.73. The standard InChI is InChI=1S/C17H22ClN5O3/c1-2-26-17(25)22-7-5-13(6-8-22)21-16(24)19-9-14-11-23-10-12(18)3-4-15(23)20-14/h3-4,10-11,13H,2,5-9H2,1H3,(H2,19,21,24). The van der Waals surface area contributed by atoms with Crippen LogP contribution >= 0.6 is 11.6 Å². The molecule has 2 N–H and O–H groups in total. The first kappa shape index (κ1) is 18.3. The molecule has 3 amide bonds. The van der Waals surface area contributed by atoms with Crippen LogP contribution in [0.5, 0.6) is 0 Å². The third-order valence-electron chi connectivity index (χ3n) is 4.25. The molecule has 1 saturated heterocycles. The molecular weight excluding hydrogens is 358 g/mol. The quantitative estimate of drug-likeness (QED) is 0.853. The SMILES string of the molecule is CCOC(=O)N1CCC(NC(=O)NCc2cn3cc(Cl)ccc3n2)CC1. The van der Waals surface area contributed by atoms with Gasteiger partial charge in [0.15, 0.2) is 0 Å². The average molecular weight is 380 g/mol. The molecular formula is C17H22ClN5O3. The van der Waals surface area contributed by atoms with Crippen LogP contribution in [-0.4, -0.2) is 52.1 Å². The molecule has 1 aliphatic rings. The minimum atomic E-state index is -0.289. The zero-order chi connectivity index (χ0) is 18.5. The van der Waals surface area contributed by atoms with Crippen LogP contribution in [-0.2, 0) is 11.3 Å². The third-order valence-corrected chi connectivity index (χ3v) is 4.47. The number of amides is 3. The fourth-order valence-electron chi connectivity index (χ4n) is 2.93. The highest BCUT2D eigenvalue weighted by Crippen LogP contribution is 2.13. The lowest BCUT2D eigenvalue weighted by Gasteiger charge is -2.31. The van der Waals surface area contributed by atoms with Crippen molar-refractivity contribution in [1.29, 1.82) is 0 Å². The molecule has 140 valence electrons. The van der Waals surface area contributed by atoms with Crippen molar-refractivity contribution in [3.63, 3.8) is 0 Å². The summed E-state index contributed by atoms with van der Waals surface area (Å²) in [4.78, 5) is 29.8. The largest absolute Gasteiger partial charge is 0.450 e. The Hall–Kier alpha value is -2.48. The van der Waals surface area contributed by atoms with Gasteiger partial charge in [0.1, 0.15) is 5.65 Å². The topological polar surface area (TPSA) is 88.0 Å². The van der Waals surface area contributed by atoms with E-state index in [2.05, 4.69) is 15.6 Å². The van der Waals surface area contributed by atoms with Crippen molar-refractivity contribution in [3.05, 3.63) is 35.2 Å². The monoisotopic (exact) mass is 379 g/mol. The van der Waals surface area contributed by atoms with Crippen LogP contribution in [0.3, 0.4) is 0 Å². The first-order valence-corrected chi connectivity index (χ1v) is 9.02. The van der Waals surface area contributed by atoms with Gasteiger partial charge in [0.2, 0.25) is 0 Å². The van der Waals surface area contributed by atoms with Crippen LogP contribution in [0.2, 0.25) is 5.02 Å². The number of carbonyl (C=O) groups is 2. The summed E-state index contributed by atoms with van der Waals surface area (Å²) in [7, 11) is 0. The van der Waals surface area contributed by atoms with Gasteiger partial charge in [-0.15, -0.1) is 0 Å². The van der Waals surface area contributed by atoms with E-state index in [4.69, 9.17) is 16.3 Å². The highest BCUT2D eigenvalue weighted by atomic mass is 35.5. The second-order valence-corrected chi connectivity index (χ2v) is 6.57. The fraction of sp³-hybridized carbons (Fsp3) is 0.471. The van der Waals surface area contributed by atoms with Crippen LogP contribution in [0, 0.1) is 0 Å². The maximum Gasteiger partial charge on any atom is 0.409 e. The van der Waals surface area contributed by atoms with E-state index in [0.717, 1.165) is 11.3 Å². The first-order chi connectivity index (χ1) is 12.5. The van der Waals surface area contributed by atoms with Crippen molar-refractivity contribution in [2.45, 2.75) is 32.4 Å². The van der Waals surface area contributed by atoms with E-state index in [1.54, 1.807) is 24.1 Å². The van der Waals surface area contributed by atoms with Gasteiger partial charge in [-0.2, -0.15) is 0 Å². The molecule has 9 heteroatoms. The summed E-state index contributed by atoms with van der Waals surface area (Å²) in [5, 5.41) is 6.38. The van der Waals surface area contributed by atoms with Gasteiger partial charge in [-0.1, -0.05) is 11.6 Å². The molecule has 3 rings (SSSR count). The maximum atomic E-state index is 12.1. The van der Waals surface area contributed by atoms with E-state index in [0.29, 0.717) is 44.1 Å². The smallest absolute Gasteiger partial charge is 0.409 e. The number of imidazole rings is 1. The van der Waals surface area contributed by atoms with Crippen molar-refractivity contribution in [1.82, 2.24) is 24.9 Å². The Morgan fingerprint density at radius 2 is 2.08 bits per heavy atom. The molecule has 0 aromatic carbocycles. The van der Waals surface area contributed by atoms with Gasteiger partial charge in [-0.05, 0) is 31.9 Å². The van der Waals surface area contributed by atoms with Crippen LogP contribution in [0.1, 0.15) is 25.5 Å². The lowest BCUT2D eigenvalue weighted by atomic mass is 10.1. The van der Waals surface area contributed by atoms with Crippen molar-refractivity contribution >= 4 is 29.4 Å². The number of hydrogen-bond acceptors (Lipinski definition) is 4. The summed E-state index contributed by atoms with van der Waals surface area (Å²) in [5.74, 6) is 0. The number of likely N-dealkylation sites (tertiary alicyclic amines) is 1. The van der Waals surface area contributed by atoms with E-state index < -0.39 is 0 Å². The lowest BCUT2D eigenvalue weighted by molar-refractivity contribution is 0.0957. The van der Waals surface area contributed by atoms with Gasteiger partial charge < -0.3 is 24.7 Å². The molecule has 1 fully saturated rings. The number of halogens is 1. The van der Waals surface area contributed by atoms with Gasteiger partial charge in [0, 0.05) is 31.5 Å². The molecule has 0 aliphatic carbocycles. The number of ether oxygens (including phenoxy) is 1. The Bertz CT molecular complexity index is 786. The molecule has 2 aromatic rings. The predicted octanol–water partition coefficient (Wildman–Crippen LogP) is 2.41. The van der Waals surface area contributed by atoms with Gasteiger partial charge in [-0.25, -0.2) is 14.6 Å². The fourth-order valence-corrected chi connectivity index (χ4v) is 3.10. The van der Waals surface area contributed by atoms with E-state index in [1.165, 1.54) is 0 Å². The second-order valence-electron chi connectivity index (χ2n) is 6.13. The minimum Gasteiger partial charge on any atom is -0.450 e. The number of pyridine rings is 1. The van der Waals surface area contributed by atoms with Crippen molar-refractivity contribution in [2.75, 3.05) is 19.7 Å². The first-order valence-electron chi connectivity index (χ1n) is 8.64. The number of fused-ring (bicyclic) bond motifs is 1. The van der Waals surface area contributed by atoms with Gasteiger partial charge in [0.05, 0.1) is 23.9 Å². The van der Waals surface area contributed by atoms with Crippen molar-refractivity contribution < 1.29 is 14.3 Å². The predicted molar refractivity (Wildman–Crippen MR) is 97.2 cm³/mol. The minimum absolute atomic E-state index is 0.0422. The van der Waals surface area contributed by atoms with Gasteiger partial charge in [0.25, 0.3) is 0 Å². The lowest BCUT2D eigenvalue weighted by Crippen LogP contribution is -2.49. The van der Waals surface area contributed by atoms with Crippen molar-refractivity contribution in [3.8, 4) is 0 Å². The Labute approximate surface area is 156 Å². The summed E-state index contributed by atoms with van der Waals surface area (Å²) >= 11 is 5.95. The number of nitrogens with one attached hydrogen (secondary N) is 2. The molecule has 0 unspecified atom stereocenters. The molecule has 3 heterocycles. The highest BCUT2D eigenvalue weighted by Gasteiger charge is 2.24. The summed E-state index contributed by atoms with van der Waals surface area (Å²) in [5.41, 5.74) is 1.53. The molecule has 2 aromatic heterocycles. The summed E-state index contributed by atoms with van der Waals surface area (Å²) in [6.45, 7) is 3.64. The average Bonchev–Trinajstić information content (AvgIpc) is 3.03. The number of urea groups is 1. The Kier molecular flexibility index (Phi) is 5.82.